The molecule has 32 heavy (non-hydrogen) atoms. The smallest absolute Gasteiger partial charge is 0.293 e. The lowest BCUT2D eigenvalue weighted by atomic mass is 9.95. The largest absolute Gasteiger partial charge is 0.381 e. The Morgan fingerprint density at radius 2 is 0.906 bits per heavy atom. The van der Waals surface area contributed by atoms with Crippen LogP contribution in [0.5, 0.6) is 0 Å². The van der Waals surface area contributed by atoms with Crippen molar-refractivity contribution in [3.05, 3.63) is 46.5 Å². The van der Waals surface area contributed by atoms with Crippen molar-refractivity contribution in [1.29, 1.82) is 0 Å². The Morgan fingerprint density at radius 3 is 1.12 bits per heavy atom. The summed E-state index contributed by atoms with van der Waals surface area (Å²) < 4.78 is 61.8. The Bertz CT molecular complexity index is 1070. The van der Waals surface area contributed by atoms with E-state index >= 15 is 0 Å². The van der Waals surface area contributed by atoms with E-state index in [4.69, 9.17) is 9.11 Å². The molecule has 0 saturated carbocycles. The quantitative estimate of drug-likeness (QED) is 0.286. The van der Waals surface area contributed by atoms with E-state index in [0.29, 0.717) is 11.4 Å². The van der Waals surface area contributed by atoms with Gasteiger partial charge in [0.25, 0.3) is 20.2 Å². The molecule has 0 aliphatic rings. The Balaban J connectivity index is 2.28. The number of anilines is 2. The van der Waals surface area contributed by atoms with Crippen LogP contribution in [0.25, 0.3) is 11.1 Å². The summed E-state index contributed by atoms with van der Waals surface area (Å²) in [5.74, 6) is 0. The molecule has 2 atom stereocenters. The van der Waals surface area contributed by atoms with Crippen LogP contribution in [0.3, 0.4) is 0 Å². The van der Waals surface area contributed by atoms with E-state index in [1.165, 1.54) is 0 Å². The van der Waals surface area contributed by atoms with E-state index in [1.54, 1.807) is 0 Å². The molecule has 0 aliphatic carbocycles. The van der Waals surface area contributed by atoms with E-state index in [2.05, 4.69) is 10.6 Å². The number of rotatable bonds is 9. The molecule has 0 aromatic heterocycles. The van der Waals surface area contributed by atoms with E-state index in [-0.39, 0.29) is 13.1 Å². The minimum atomic E-state index is -4.56. The van der Waals surface area contributed by atoms with Crippen molar-refractivity contribution in [2.24, 2.45) is 0 Å². The highest BCUT2D eigenvalue weighted by molar-refractivity contribution is 7.86. The molecular weight excluding hydrogens is 460 g/mol. The van der Waals surface area contributed by atoms with Crippen LogP contribution in [0.4, 0.5) is 11.4 Å². The van der Waals surface area contributed by atoms with Crippen molar-refractivity contribution >= 4 is 31.6 Å². The van der Waals surface area contributed by atoms with Gasteiger partial charge in [-0.15, -0.1) is 0 Å². The van der Waals surface area contributed by atoms with Crippen LogP contribution >= 0.6 is 0 Å². The average molecular weight is 489 g/mol. The SMILES string of the molecule is Cc1cc(-c2cc(C)c(NCC(O)S(=O)(=O)O)c(C)c2)cc(C)c1NCC(O)S(=O)(=O)O. The van der Waals surface area contributed by atoms with Gasteiger partial charge in [0.05, 0.1) is 13.1 Å². The second-order valence-corrected chi connectivity index (χ2v) is 10.8. The molecule has 0 radical (unpaired) electrons. The number of aliphatic hydroxyl groups excluding tert-OH is 2. The summed E-state index contributed by atoms with van der Waals surface area (Å²) in [6, 6.07) is 7.55. The predicted molar refractivity (Wildman–Crippen MR) is 123 cm³/mol. The van der Waals surface area contributed by atoms with Crippen molar-refractivity contribution in [2.45, 2.75) is 38.6 Å². The van der Waals surface area contributed by atoms with Crippen LogP contribution in [0, 0.1) is 27.7 Å². The van der Waals surface area contributed by atoms with Gasteiger partial charge in [-0.2, -0.15) is 16.8 Å². The fraction of sp³-hybridized carbons (Fsp3) is 0.400. The third kappa shape index (κ3) is 6.40. The molecule has 2 aromatic rings. The van der Waals surface area contributed by atoms with E-state index in [1.807, 2.05) is 52.0 Å². The molecule has 0 aliphatic heterocycles. The van der Waals surface area contributed by atoms with Gasteiger partial charge >= 0.3 is 0 Å². The first-order chi connectivity index (χ1) is 14.6. The molecule has 0 amide bonds. The standard InChI is InChI=1S/C20H28N2O8S2/c1-11-5-15(6-12(2)19(11)21-9-17(23)31(25,26)27)16-7-13(3)20(14(4)8-16)22-10-18(24)32(28,29)30/h5-8,17-18,21-24H,9-10H2,1-4H3,(H,25,26,27)(H,28,29,30). The maximum Gasteiger partial charge on any atom is 0.293 e. The third-order valence-corrected chi connectivity index (χ3v) is 6.70. The number of aliphatic hydroxyl groups is 2. The lowest BCUT2D eigenvalue weighted by Gasteiger charge is -2.19. The monoisotopic (exact) mass is 488 g/mol. The normalized spacial score (nSPS) is 14.1. The van der Waals surface area contributed by atoms with Crippen LogP contribution < -0.4 is 10.6 Å². The van der Waals surface area contributed by atoms with E-state index in [0.717, 1.165) is 33.4 Å². The molecule has 6 N–H and O–H groups in total. The summed E-state index contributed by atoms with van der Waals surface area (Å²) in [5, 5.41) is 24.7. The van der Waals surface area contributed by atoms with Crippen LogP contribution in [0.2, 0.25) is 0 Å². The van der Waals surface area contributed by atoms with Gasteiger partial charge in [-0.25, -0.2) is 0 Å². The lowest BCUT2D eigenvalue weighted by Crippen LogP contribution is -2.28. The average Bonchev–Trinajstić information content (AvgIpc) is 2.64. The number of hydrogen-bond donors (Lipinski definition) is 6. The second kappa shape index (κ2) is 9.73. The fourth-order valence-electron chi connectivity index (χ4n) is 3.41. The Hall–Kier alpha value is -2.22. The zero-order valence-corrected chi connectivity index (χ0v) is 19.7. The number of aryl methyl sites for hydroxylation is 4. The van der Waals surface area contributed by atoms with Gasteiger partial charge in [0.2, 0.25) is 0 Å². The zero-order valence-electron chi connectivity index (χ0n) is 18.1. The first-order valence-corrected chi connectivity index (χ1v) is 12.6. The Morgan fingerprint density at radius 1 is 0.656 bits per heavy atom. The predicted octanol–water partition coefficient (Wildman–Crippen LogP) is 1.82. The second-order valence-electron chi connectivity index (χ2n) is 7.67. The number of hydrogen-bond acceptors (Lipinski definition) is 8. The fourth-order valence-corrected chi connectivity index (χ4v) is 4.00. The Labute approximate surface area is 187 Å². The van der Waals surface area contributed by atoms with Gasteiger partial charge in [0.15, 0.2) is 10.9 Å². The molecule has 0 spiro atoms. The van der Waals surface area contributed by atoms with Gasteiger partial charge in [-0.1, -0.05) is 0 Å². The van der Waals surface area contributed by atoms with Crippen molar-refractivity contribution in [1.82, 2.24) is 0 Å². The molecule has 2 rings (SSSR count). The summed E-state index contributed by atoms with van der Waals surface area (Å²) in [6.45, 7) is 6.56. The van der Waals surface area contributed by atoms with Crippen LogP contribution in [0.1, 0.15) is 22.3 Å². The third-order valence-electron chi connectivity index (χ3n) is 4.99. The molecule has 2 aromatic carbocycles. The minimum Gasteiger partial charge on any atom is -0.381 e. The van der Waals surface area contributed by atoms with Crippen LogP contribution in [-0.4, -0.2) is 60.1 Å². The lowest BCUT2D eigenvalue weighted by molar-refractivity contribution is 0.245. The topological polar surface area (TPSA) is 173 Å². The van der Waals surface area contributed by atoms with E-state index in [9.17, 15) is 27.0 Å². The molecule has 0 saturated heterocycles. The van der Waals surface area contributed by atoms with Crippen molar-refractivity contribution in [3.8, 4) is 11.1 Å². The van der Waals surface area contributed by atoms with Gasteiger partial charge in [-0.3, -0.25) is 9.11 Å². The minimum absolute atomic E-state index is 0.367. The number of nitrogens with one attached hydrogen (secondary N) is 2. The van der Waals surface area contributed by atoms with Crippen molar-refractivity contribution in [2.75, 3.05) is 23.7 Å². The molecule has 0 heterocycles. The van der Waals surface area contributed by atoms with Crippen LogP contribution in [0.15, 0.2) is 24.3 Å². The summed E-state index contributed by atoms with van der Waals surface area (Å²) in [5.41, 5.74) is 2.38. The van der Waals surface area contributed by atoms with Gasteiger partial charge in [0, 0.05) is 11.4 Å². The number of benzene rings is 2. The first kappa shape index (κ1) is 26.0. The molecule has 0 fully saturated rings. The van der Waals surface area contributed by atoms with Crippen molar-refractivity contribution < 1.29 is 36.2 Å². The summed E-state index contributed by atoms with van der Waals surface area (Å²) in [6.07, 6.45) is 0. The Kier molecular flexibility index (Phi) is 7.92. The highest BCUT2D eigenvalue weighted by Gasteiger charge is 2.21. The first-order valence-electron chi connectivity index (χ1n) is 9.60. The van der Waals surface area contributed by atoms with E-state index < -0.39 is 31.1 Å². The summed E-state index contributed by atoms with van der Waals surface area (Å²) in [7, 11) is -9.12. The van der Waals surface area contributed by atoms with Gasteiger partial charge in [0.1, 0.15) is 0 Å². The molecule has 2 unspecified atom stereocenters. The summed E-state index contributed by atoms with van der Waals surface area (Å²) >= 11 is 0. The van der Waals surface area contributed by atoms with Gasteiger partial charge in [-0.05, 0) is 85.3 Å². The molecular formula is C20H28N2O8S2. The highest BCUT2D eigenvalue weighted by atomic mass is 32.2. The van der Waals surface area contributed by atoms with Crippen LogP contribution in [-0.2, 0) is 20.2 Å². The molecule has 10 nitrogen and oxygen atoms in total. The zero-order chi connectivity index (χ0) is 24.4. The van der Waals surface area contributed by atoms with Crippen molar-refractivity contribution in [3.63, 3.8) is 0 Å². The summed E-state index contributed by atoms with van der Waals surface area (Å²) in [4.78, 5) is 0. The highest BCUT2D eigenvalue weighted by Crippen LogP contribution is 2.32. The molecule has 12 heteroatoms. The van der Waals surface area contributed by atoms with Gasteiger partial charge < -0.3 is 20.8 Å². The maximum atomic E-state index is 11.0. The molecule has 0 bridgehead atoms. The molecule has 178 valence electrons. The maximum absolute atomic E-state index is 11.0.